The summed E-state index contributed by atoms with van der Waals surface area (Å²) in [5.41, 5.74) is 2.88. The van der Waals surface area contributed by atoms with Crippen molar-refractivity contribution in [1.29, 1.82) is 0 Å². The first-order chi connectivity index (χ1) is 13.2. The van der Waals surface area contributed by atoms with Gasteiger partial charge in [0.05, 0.1) is 27.9 Å². The molecular weight excluding hydrogens is 344 g/mol. The lowest BCUT2D eigenvalue weighted by molar-refractivity contribution is 0.0711. The van der Waals surface area contributed by atoms with Crippen LogP contribution >= 0.6 is 0 Å². The van der Waals surface area contributed by atoms with Crippen LogP contribution in [0.3, 0.4) is 0 Å². The van der Waals surface area contributed by atoms with E-state index in [0.29, 0.717) is 35.9 Å². The molecule has 1 aliphatic rings. The van der Waals surface area contributed by atoms with Crippen LogP contribution in [0.1, 0.15) is 16.1 Å². The van der Waals surface area contributed by atoms with Crippen molar-refractivity contribution in [1.82, 2.24) is 9.47 Å². The molecule has 0 N–H and O–H groups in total. The molecule has 1 aromatic heterocycles. The van der Waals surface area contributed by atoms with E-state index in [2.05, 4.69) is 22.8 Å². The van der Waals surface area contributed by atoms with Gasteiger partial charge in [-0.05, 0) is 29.7 Å². The number of methoxy groups -OCH3 is 3. The highest BCUT2D eigenvalue weighted by atomic mass is 16.5. The number of ether oxygens (including phenoxy) is 3. The van der Waals surface area contributed by atoms with E-state index in [1.807, 2.05) is 17.0 Å². The Morgan fingerprint density at radius 1 is 0.926 bits per heavy atom. The van der Waals surface area contributed by atoms with Gasteiger partial charge < -0.3 is 23.7 Å². The lowest BCUT2D eigenvalue weighted by Gasteiger charge is -2.29. The van der Waals surface area contributed by atoms with E-state index >= 15 is 0 Å². The van der Waals surface area contributed by atoms with Crippen LogP contribution in [-0.2, 0) is 13.1 Å². The van der Waals surface area contributed by atoms with Gasteiger partial charge >= 0.3 is 0 Å². The Balaban J connectivity index is 1.66. The van der Waals surface area contributed by atoms with Crippen molar-refractivity contribution in [3.63, 3.8) is 0 Å². The fourth-order valence-electron chi connectivity index (χ4n) is 3.72. The smallest absolute Gasteiger partial charge is 0.254 e. The van der Waals surface area contributed by atoms with Gasteiger partial charge in [0.25, 0.3) is 5.91 Å². The third-order valence-corrected chi connectivity index (χ3v) is 5.04. The van der Waals surface area contributed by atoms with E-state index in [1.165, 1.54) is 10.9 Å². The van der Waals surface area contributed by atoms with Gasteiger partial charge in [-0.3, -0.25) is 4.79 Å². The standard InChI is InChI=1S/C21H22N2O4/c1-25-18-11-15(12-19(26-2)20(18)27-3)21(24)22-8-9-23-16(13-22)10-14-6-4-5-7-17(14)23/h4-7,10-12H,8-9,13H2,1-3H3. The Morgan fingerprint density at radius 2 is 1.63 bits per heavy atom. The predicted molar refractivity (Wildman–Crippen MR) is 103 cm³/mol. The molecule has 3 aromatic rings. The Hall–Kier alpha value is -3.15. The first-order valence-corrected chi connectivity index (χ1v) is 8.82. The van der Waals surface area contributed by atoms with Crippen LogP contribution in [0.4, 0.5) is 0 Å². The molecule has 2 heterocycles. The predicted octanol–water partition coefficient (Wildman–Crippen LogP) is 3.32. The maximum Gasteiger partial charge on any atom is 0.254 e. The number of fused-ring (bicyclic) bond motifs is 3. The molecule has 1 aliphatic heterocycles. The summed E-state index contributed by atoms with van der Waals surface area (Å²) in [7, 11) is 4.64. The van der Waals surface area contributed by atoms with Crippen LogP contribution in [0.25, 0.3) is 10.9 Å². The van der Waals surface area contributed by atoms with Gasteiger partial charge in [-0.15, -0.1) is 0 Å². The summed E-state index contributed by atoms with van der Waals surface area (Å²) in [5.74, 6) is 1.39. The zero-order valence-electron chi connectivity index (χ0n) is 15.7. The van der Waals surface area contributed by atoms with Crippen LogP contribution in [0, 0.1) is 0 Å². The summed E-state index contributed by atoms with van der Waals surface area (Å²) in [4.78, 5) is 15.0. The number of para-hydroxylation sites is 1. The number of rotatable bonds is 4. The summed E-state index contributed by atoms with van der Waals surface area (Å²) in [6, 6.07) is 13.9. The number of amides is 1. The van der Waals surface area contributed by atoms with Crippen LogP contribution in [-0.4, -0.2) is 43.2 Å². The molecule has 0 spiro atoms. The van der Waals surface area contributed by atoms with Gasteiger partial charge in [0.15, 0.2) is 11.5 Å². The van der Waals surface area contributed by atoms with Crippen LogP contribution in [0.2, 0.25) is 0 Å². The zero-order valence-corrected chi connectivity index (χ0v) is 15.7. The zero-order chi connectivity index (χ0) is 19.0. The maximum atomic E-state index is 13.1. The average Bonchev–Trinajstić information content (AvgIpc) is 3.09. The Morgan fingerprint density at radius 3 is 2.30 bits per heavy atom. The van der Waals surface area contributed by atoms with Crippen molar-refractivity contribution >= 4 is 16.8 Å². The van der Waals surface area contributed by atoms with Crippen molar-refractivity contribution in [2.45, 2.75) is 13.1 Å². The average molecular weight is 366 g/mol. The summed E-state index contributed by atoms with van der Waals surface area (Å²) < 4.78 is 18.4. The van der Waals surface area contributed by atoms with Crippen molar-refractivity contribution in [2.75, 3.05) is 27.9 Å². The molecule has 0 radical (unpaired) electrons. The van der Waals surface area contributed by atoms with Crippen LogP contribution in [0.5, 0.6) is 17.2 Å². The lowest BCUT2D eigenvalue weighted by atomic mass is 10.1. The molecule has 6 nitrogen and oxygen atoms in total. The van der Waals surface area contributed by atoms with E-state index in [9.17, 15) is 4.79 Å². The summed E-state index contributed by atoms with van der Waals surface area (Å²) in [5, 5.41) is 1.20. The molecule has 0 aliphatic carbocycles. The fraction of sp³-hybridized carbons (Fsp3) is 0.286. The minimum Gasteiger partial charge on any atom is -0.493 e. The number of carbonyl (C=O) groups excluding carboxylic acids is 1. The number of benzene rings is 2. The first-order valence-electron chi connectivity index (χ1n) is 8.82. The molecule has 0 saturated heterocycles. The van der Waals surface area contributed by atoms with Crippen molar-refractivity contribution < 1.29 is 19.0 Å². The molecule has 0 bridgehead atoms. The summed E-state index contributed by atoms with van der Waals surface area (Å²) >= 11 is 0. The molecule has 0 fully saturated rings. The molecule has 0 atom stereocenters. The van der Waals surface area contributed by atoms with Gasteiger partial charge in [-0.25, -0.2) is 0 Å². The number of nitrogens with zero attached hydrogens (tertiary/aromatic N) is 2. The number of aromatic nitrogens is 1. The molecule has 1 amide bonds. The summed E-state index contributed by atoms with van der Waals surface area (Å²) in [6.45, 7) is 2.00. The van der Waals surface area contributed by atoms with Crippen LogP contribution in [0.15, 0.2) is 42.5 Å². The molecule has 0 unspecified atom stereocenters. The van der Waals surface area contributed by atoms with Crippen molar-refractivity contribution in [3.8, 4) is 17.2 Å². The molecule has 27 heavy (non-hydrogen) atoms. The van der Waals surface area contributed by atoms with Gasteiger partial charge in [0.1, 0.15) is 0 Å². The molecule has 140 valence electrons. The van der Waals surface area contributed by atoms with E-state index in [0.717, 1.165) is 12.2 Å². The minimum atomic E-state index is -0.0502. The van der Waals surface area contributed by atoms with E-state index in [4.69, 9.17) is 14.2 Å². The highest BCUT2D eigenvalue weighted by molar-refractivity contribution is 5.96. The Labute approximate surface area is 157 Å². The maximum absolute atomic E-state index is 13.1. The van der Waals surface area contributed by atoms with Crippen LogP contribution < -0.4 is 14.2 Å². The van der Waals surface area contributed by atoms with Gasteiger partial charge in [0, 0.05) is 29.9 Å². The molecule has 6 heteroatoms. The Bertz CT molecular complexity index is 984. The highest BCUT2D eigenvalue weighted by Gasteiger charge is 2.25. The van der Waals surface area contributed by atoms with E-state index in [1.54, 1.807) is 33.5 Å². The van der Waals surface area contributed by atoms with Crippen molar-refractivity contribution in [2.24, 2.45) is 0 Å². The van der Waals surface area contributed by atoms with Crippen molar-refractivity contribution in [3.05, 3.63) is 53.7 Å². The van der Waals surface area contributed by atoms with Gasteiger partial charge in [-0.2, -0.15) is 0 Å². The quantitative estimate of drug-likeness (QED) is 0.711. The van der Waals surface area contributed by atoms with E-state index in [-0.39, 0.29) is 5.91 Å². The second kappa shape index (κ2) is 6.87. The molecule has 4 rings (SSSR count). The minimum absolute atomic E-state index is 0.0502. The molecule has 2 aromatic carbocycles. The highest BCUT2D eigenvalue weighted by Crippen LogP contribution is 2.38. The number of hydrogen-bond acceptors (Lipinski definition) is 4. The summed E-state index contributed by atoms with van der Waals surface area (Å²) in [6.07, 6.45) is 0. The van der Waals surface area contributed by atoms with Gasteiger partial charge in [0.2, 0.25) is 5.75 Å². The third kappa shape index (κ3) is 2.87. The fourth-order valence-corrected chi connectivity index (χ4v) is 3.72. The monoisotopic (exact) mass is 366 g/mol. The molecule has 0 saturated carbocycles. The lowest BCUT2D eigenvalue weighted by Crippen LogP contribution is -2.38. The topological polar surface area (TPSA) is 52.9 Å². The van der Waals surface area contributed by atoms with Gasteiger partial charge in [-0.1, -0.05) is 18.2 Å². The second-order valence-electron chi connectivity index (χ2n) is 6.49. The third-order valence-electron chi connectivity index (χ3n) is 5.04. The molecular formula is C21H22N2O4. The largest absolute Gasteiger partial charge is 0.493 e. The second-order valence-corrected chi connectivity index (χ2v) is 6.49. The Kier molecular flexibility index (Phi) is 4.39. The number of carbonyl (C=O) groups is 1. The SMILES string of the molecule is COc1cc(C(=O)N2CCn3c(cc4ccccc43)C2)cc(OC)c1OC. The normalized spacial score (nSPS) is 13.4. The van der Waals surface area contributed by atoms with E-state index < -0.39 is 0 Å². The first kappa shape index (κ1) is 17.3. The number of hydrogen-bond donors (Lipinski definition) is 0.